The fraction of sp³-hybridized carbons (Fsp3) is 0.353. The van der Waals surface area contributed by atoms with Gasteiger partial charge in [0, 0.05) is 5.69 Å². The molecule has 0 saturated carbocycles. The Morgan fingerprint density at radius 2 is 2.05 bits per heavy atom. The molecule has 3 heterocycles. The van der Waals surface area contributed by atoms with E-state index in [2.05, 4.69) is 46.3 Å². The van der Waals surface area contributed by atoms with Gasteiger partial charge in [0.25, 0.3) is 0 Å². The van der Waals surface area contributed by atoms with Crippen molar-refractivity contribution in [1.29, 1.82) is 0 Å². The lowest BCUT2D eigenvalue weighted by Crippen LogP contribution is -1.95. The largest absolute Gasteiger partial charge is 0.251 e. The van der Waals surface area contributed by atoms with Gasteiger partial charge in [-0.15, -0.1) is 11.3 Å². The highest BCUT2D eigenvalue weighted by molar-refractivity contribution is 7.13. The van der Waals surface area contributed by atoms with E-state index in [-0.39, 0.29) is 0 Å². The maximum Gasteiger partial charge on any atom is 0.179 e. The first-order chi connectivity index (χ1) is 10.3. The zero-order chi connectivity index (χ0) is 14.7. The lowest BCUT2D eigenvalue weighted by atomic mass is 10.1. The van der Waals surface area contributed by atoms with Crippen LogP contribution in [0.2, 0.25) is 0 Å². The second-order valence-electron chi connectivity index (χ2n) is 5.35. The van der Waals surface area contributed by atoms with Crippen LogP contribution in [0.3, 0.4) is 0 Å². The first kappa shape index (κ1) is 14.1. The maximum absolute atomic E-state index is 4.68. The summed E-state index contributed by atoms with van der Waals surface area (Å²) in [5.41, 5.74) is 4.92. The number of aryl methyl sites for hydroxylation is 2. The highest BCUT2D eigenvalue weighted by Crippen LogP contribution is 2.25. The van der Waals surface area contributed by atoms with Crippen molar-refractivity contribution in [2.45, 2.75) is 39.5 Å². The number of thiophene rings is 1. The SMILES string of the molecule is CCCCCc1ccc2ncc(-c3cc(C)cs3)nc2n1. The molecule has 3 aromatic heterocycles. The van der Waals surface area contributed by atoms with Crippen molar-refractivity contribution in [3.63, 3.8) is 0 Å². The molecule has 3 nitrogen and oxygen atoms in total. The third kappa shape index (κ3) is 3.27. The first-order valence-electron chi connectivity index (χ1n) is 7.44. The normalized spacial score (nSPS) is 11.1. The number of nitrogens with zero attached hydrogens (tertiary/aromatic N) is 3. The Morgan fingerprint density at radius 3 is 2.81 bits per heavy atom. The molecule has 0 aliphatic rings. The summed E-state index contributed by atoms with van der Waals surface area (Å²) in [7, 11) is 0. The van der Waals surface area contributed by atoms with Crippen molar-refractivity contribution in [3.05, 3.63) is 41.0 Å². The molecule has 3 rings (SSSR count). The van der Waals surface area contributed by atoms with Crippen LogP contribution in [0.15, 0.2) is 29.8 Å². The molecule has 0 amide bonds. The van der Waals surface area contributed by atoms with E-state index in [9.17, 15) is 0 Å². The molecule has 0 unspecified atom stereocenters. The molecule has 0 N–H and O–H groups in total. The van der Waals surface area contributed by atoms with Crippen molar-refractivity contribution in [2.75, 3.05) is 0 Å². The average molecular weight is 297 g/mol. The molecule has 0 radical (unpaired) electrons. The van der Waals surface area contributed by atoms with Gasteiger partial charge < -0.3 is 0 Å². The van der Waals surface area contributed by atoms with Gasteiger partial charge in [-0.25, -0.2) is 9.97 Å². The molecule has 108 valence electrons. The number of unbranched alkanes of at least 4 members (excludes halogenated alkanes) is 2. The lowest BCUT2D eigenvalue weighted by molar-refractivity contribution is 0.708. The summed E-state index contributed by atoms with van der Waals surface area (Å²) in [5, 5.41) is 2.13. The van der Waals surface area contributed by atoms with E-state index >= 15 is 0 Å². The third-order valence-corrected chi connectivity index (χ3v) is 4.55. The summed E-state index contributed by atoms with van der Waals surface area (Å²) in [6.07, 6.45) is 6.53. The summed E-state index contributed by atoms with van der Waals surface area (Å²) >= 11 is 1.70. The number of hydrogen-bond acceptors (Lipinski definition) is 4. The summed E-state index contributed by atoms with van der Waals surface area (Å²) in [6, 6.07) is 6.24. The smallest absolute Gasteiger partial charge is 0.179 e. The number of rotatable bonds is 5. The topological polar surface area (TPSA) is 38.7 Å². The van der Waals surface area contributed by atoms with Crippen LogP contribution in [0.25, 0.3) is 21.7 Å². The van der Waals surface area contributed by atoms with Crippen LogP contribution < -0.4 is 0 Å². The monoisotopic (exact) mass is 297 g/mol. The van der Waals surface area contributed by atoms with Gasteiger partial charge in [0.1, 0.15) is 11.2 Å². The van der Waals surface area contributed by atoms with Gasteiger partial charge in [-0.2, -0.15) is 0 Å². The van der Waals surface area contributed by atoms with Gasteiger partial charge in [0.05, 0.1) is 11.1 Å². The standard InChI is InChI=1S/C17H19N3S/c1-3-4-5-6-13-7-8-14-17(19-13)20-15(10-18-14)16-9-12(2)11-21-16/h7-11H,3-6H2,1-2H3. The Hall–Kier alpha value is -1.81. The molecule has 0 aliphatic carbocycles. The van der Waals surface area contributed by atoms with E-state index in [0.29, 0.717) is 0 Å². The van der Waals surface area contributed by atoms with Crippen LogP contribution in [0.1, 0.15) is 37.4 Å². The summed E-state index contributed by atoms with van der Waals surface area (Å²) in [5.74, 6) is 0. The average Bonchev–Trinajstić information content (AvgIpc) is 2.93. The van der Waals surface area contributed by atoms with Gasteiger partial charge in [0.2, 0.25) is 0 Å². The molecule has 0 aliphatic heterocycles. The number of aromatic nitrogens is 3. The molecule has 0 saturated heterocycles. The Bertz CT molecular complexity index is 749. The fourth-order valence-corrected chi connectivity index (χ4v) is 3.17. The molecule has 21 heavy (non-hydrogen) atoms. The molecular weight excluding hydrogens is 278 g/mol. The predicted molar refractivity (Wildman–Crippen MR) is 88.6 cm³/mol. The van der Waals surface area contributed by atoms with Crippen molar-refractivity contribution in [2.24, 2.45) is 0 Å². The quantitative estimate of drug-likeness (QED) is 0.635. The van der Waals surface area contributed by atoms with E-state index < -0.39 is 0 Å². The summed E-state index contributed by atoms with van der Waals surface area (Å²) < 4.78 is 0. The van der Waals surface area contributed by atoms with Crippen LogP contribution in [0.4, 0.5) is 0 Å². The molecular formula is C17H19N3S. The maximum atomic E-state index is 4.68. The fourth-order valence-electron chi connectivity index (χ4n) is 2.32. The van der Waals surface area contributed by atoms with Crippen LogP contribution in [-0.4, -0.2) is 15.0 Å². The Labute approximate surface area is 129 Å². The number of fused-ring (bicyclic) bond motifs is 1. The molecule has 3 aromatic rings. The van der Waals surface area contributed by atoms with Gasteiger partial charge in [0.15, 0.2) is 5.65 Å². The number of pyridine rings is 1. The van der Waals surface area contributed by atoms with Crippen LogP contribution in [-0.2, 0) is 6.42 Å². The van der Waals surface area contributed by atoms with Gasteiger partial charge >= 0.3 is 0 Å². The van der Waals surface area contributed by atoms with E-state index in [1.54, 1.807) is 11.3 Å². The first-order valence-corrected chi connectivity index (χ1v) is 8.32. The minimum absolute atomic E-state index is 0.757. The Morgan fingerprint density at radius 1 is 1.14 bits per heavy atom. The van der Waals surface area contributed by atoms with E-state index in [1.165, 1.54) is 24.8 Å². The third-order valence-electron chi connectivity index (χ3n) is 3.48. The predicted octanol–water partition coefficient (Wildman–Crippen LogP) is 4.79. The molecule has 0 aromatic carbocycles. The van der Waals surface area contributed by atoms with Crippen LogP contribution in [0, 0.1) is 6.92 Å². The zero-order valence-corrected chi connectivity index (χ0v) is 13.3. The van der Waals surface area contributed by atoms with Crippen LogP contribution in [0.5, 0.6) is 0 Å². The van der Waals surface area contributed by atoms with Crippen molar-refractivity contribution in [3.8, 4) is 10.6 Å². The second-order valence-corrected chi connectivity index (χ2v) is 6.26. The zero-order valence-electron chi connectivity index (χ0n) is 12.5. The van der Waals surface area contributed by atoms with E-state index in [1.807, 2.05) is 12.3 Å². The Kier molecular flexibility index (Phi) is 4.25. The summed E-state index contributed by atoms with van der Waals surface area (Å²) in [6.45, 7) is 4.31. The summed E-state index contributed by atoms with van der Waals surface area (Å²) in [4.78, 5) is 15.0. The molecule has 0 spiro atoms. The van der Waals surface area contributed by atoms with Crippen molar-refractivity contribution in [1.82, 2.24) is 15.0 Å². The molecule has 0 bridgehead atoms. The molecule has 4 heteroatoms. The highest BCUT2D eigenvalue weighted by atomic mass is 32.1. The highest BCUT2D eigenvalue weighted by Gasteiger charge is 2.06. The van der Waals surface area contributed by atoms with Crippen molar-refractivity contribution < 1.29 is 0 Å². The second kappa shape index (κ2) is 6.31. The number of hydrogen-bond donors (Lipinski definition) is 0. The van der Waals surface area contributed by atoms with Crippen molar-refractivity contribution >= 4 is 22.5 Å². The lowest BCUT2D eigenvalue weighted by Gasteiger charge is -2.03. The van der Waals surface area contributed by atoms with Gasteiger partial charge in [-0.3, -0.25) is 4.98 Å². The van der Waals surface area contributed by atoms with E-state index in [4.69, 9.17) is 0 Å². The van der Waals surface area contributed by atoms with Crippen LogP contribution >= 0.6 is 11.3 Å². The van der Waals surface area contributed by atoms with Gasteiger partial charge in [-0.1, -0.05) is 19.8 Å². The Balaban J connectivity index is 1.91. The van der Waals surface area contributed by atoms with Gasteiger partial charge in [-0.05, 0) is 48.9 Å². The minimum atomic E-state index is 0.757. The van der Waals surface area contributed by atoms with E-state index in [0.717, 1.165) is 33.8 Å². The minimum Gasteiger partial charge on any atom is -0.251 e. The molecule has 0 fully saturated rings. The molecule has 0 atom stereocenters.